The van der Waals surface area contributed by atoms with Crippen molar-refractivity contribution in [3.05, 3.63) is 0 Å². The summed E-state index contributed by atoms with van der Waals surface area (Å²) in [5.74, 6) is 0. The van der Waals surface area contributed by atoms with Gasteiger partial charge in [-0.25, -0.2) is 0 Å². The molecule has 3 N–H and O–H groups in total. The third-order valence-corrected chi connectivity index (χ3v) is 0. The summed E-state index contributed by atoms with van der Waals surface area (Å²) >= 11 is 0. The van der Waals surface area contributed by atoms with Crippen LogP contribution in [0.4, 0.5) is 0 Å². The molecule has 13 heteroatoms. The van der Waals surface area contributed by atoms with Gasteiger partial charge in [0.2, 0.25) is 0 Å². The molecule has 0 bridgehead atoms. The first-order valence-electron chi connectivity index (χ1n) is 0. The fraction of sp³-hybridized carbons (Fsp3) is 0. The van der Waals surface area contributed by atoms with Crippen molar-refractivity contribution in [2.24, 2.45) is 0 Å². The third-order valence-electron chi connectivity index (χ3n) is 0. The van der Waals surface area contributed by atoms with E-state index in [0.717, 1.165) is 0 Å². The van der Waals surface area contributed by atoms with Crippen molar-refractivity contribution < 1.29 is 234 Å². The molecule has 0 aliphatic carbocycles. The SMILES string of the molecule is N.[Rh].[Rh].[Rh].[Rh].[Rh].[Rh].[Rh].[Rh].[Rh].[Rh].[Rh].[Rh]. The second kappa shape index (κ2) is 119. The second-order valence-electron chi connectivity index (χ2n) is 0. The van der Waals surface area contributed by atoms with Crippen molar-refractivity contribution >= 4 is 0 Å². The van der Waals surface area contributed by atoms with Crippen LogP contribution in [0.3, 0.4) is 0 Å². The fourth-order valence-electron chi connectivity index (χ4n) is 0. The predicted octanol–water partition coefficient (Wildman–Crippen LogP) is 0.132. The number of hydrogen-bond acceptors (Lipinski definition) is 1. The van der Waals surface area contributed by atoms with E-state index in [1.54, 1.807) is 0 Å². The van der Waals surface area contributed by atoms with Crippen molar-refractivity contribution in [2.75, 3.05) is 0 Å². The Bertz CT molecular complexity index is 5.09. The Morgan fingerprint density at radius 2 is 0.154 bits per heavy atom. The Labute approximate surface area is 234 Å². The van der Waals surface area contributed by atoms with Crippen molar-refractivity contribution in [3.63, 3.8) is 0 Å². The molecule has 0 amide bonds. The fourth-order valence-corrected chi connectivity index (χ4v) is 0. The molecule has 0 fully saturated rings. The number of rotatable bonds is 0. The van der Waals surface area contributed by atoms with Crippen LogP contribution in [0.2, 0.25) is 0 Å². The third kappa shape index (κ3) is 107. The zero-order valence-corrected chi connectivity index (χ0v) is 24.4. The molecule has 0 saturated heterocycles. The normalized spacial score (nSPS) is 0. The van der Waals surface area contributed by atoms with Crippen molar-refractivity contribution in [2.45, 2.75) is 0 Å². The van der Waals surface area contributed by atoms with Gasteiger partial charge in [0.25, 0.3) is 0 Å². The van der Waals surface area contributed by atoms with E-state index in [1.807, 2.05) is 0 Å². The molecule has 0 aliphatic rings. The standard InChI is InChI=1S/H3N.12Rh/h1H3;;;;;;;;;;;;. The van der Waals surface area contributed by atoms with Crippen molar-refractivity contribution in [1.29, 1.82) is 0 Å². The molecule has 0 heterocycles. The smallest absolute Gasteiger partial charge is 0 e. The first-order chi connectivity index (χ1) is 0. The van der Waals surface area contributed by atoms with Gasteiger partial charge in [-0.05, 0) is 0 Å². The van der Waals surface area contributed by atoms with Crippen molar-refractivity contribution in [1.82, 2.24) is 6.15 Å². The first-order valence-corrected chi connectivity index (χ1v) is 0. The van der Waals surface area contributed by atoms with Gasteiger partial charge in [0, 0.05) is 234 Å². The Balaban J connectivity index is 0. The molecule has 13 heavy (non-hydrogen) atoms. The van der Waals surface area contributed by atoms with Gasteiger partial charge >= 0.3 is 0 Å². The maximum Gasteiger partial charge on any atom is 0 e. The van der Waals surface area contributed by atoms with Crippen LogP contribution in [0.1, 0.15) is 0 Å². The van der Waals surface area contributed by atoms with E-state index >= 15 is 0 Å². The molecular weight excluding hydrogens is 1250 g/mol. The van der Waals surface area contributed by atoms with Crippen LogP contribution in [-0.4, -0.2) is 0 Å². The molecule has 0 saturated carbocycles. The summed E-state index contributed by atoms with van der Waals surface area (Å²) in [4.78, 5) is 0. The average Bonchev–Trinajstić information content (AvgIpc) is 0. The van der Waals surface area contributed by atoms with Crippen LogP contribution >= 0.6 is 0 Å². The minimum absolute atomic E-state index is 0. The second-order valence-corrected chi connectivity index (χ2v) is 0. The summed E-state index contributed by atoms with van der Waals surface area (Å²) in [6.07, 6.45) is 0. The summed E-state index contributed by atoms with van der Waals surface area (Å²) in [6.45, 7) is 0. The van der Waals surface area contributed by atoms with E-state index in [4.69, 9.17) is 0 Å². The summed E-state index contributed by atoms with van der Waals surface area (Å²) < 4.78 is 0. The van der Waals surface area contributed by atoms with Gasteiger partial charge in [0.1, 0.15) is 0 Å². The van der Waals surface area contributed by atoms with Gasteiger partial charge in [-0.15, -0.1) is 0 Å². The number of hydrogen-bond donors (Lipinski definition) is 1. The molecule has 116 valence electrons. The summed E-state index contributed by atoms with van der Waals surface area (Å²) in [6, 6.07) is 0. The molecule has 0 aromatic carbocycles. The van der Waals surface area contributed by atoms with Gasteiger partial charge in [-0.1, -0.05) is 0 Å². The van der Waals surface area contributed by atoms with E-state index in [9.17, 15) is 0 Å². The van der Waals surface area contributed by atoms with Crippen LogP contribution in [0.25, 0.3) is 0 Å². The quantitative estimate of drug-likeness (QED) is 0.345. The maximum absolute atomic E-state index is 0. The topological polar surface area (TPSA) is 35.0 Å². The molecule has 0 unspecified atom stereocenters. The minimum atomic E-state index is 0. The van der Waals surface area contributed by atoms with E-state index in [1.165, 1.54) is 0 Å². The summed E-state index contributed by atoms with van der Waals surface area (Å²) in [5, 5.41) is 0. The van der Waals surface area contributed by atoms with Crippen molar-refractivity contribution in [3.8, 4) is 0 Å². The summed E-state index contributed by atoms with van der Waals surface area (Å²) in [7, 11) is 0. The average molecular weight is 1250 g/mol. The molecule has 0 aromatic heterocycles. The van der Waals surface area contributed by atoms with Gasteiger partial charge in [-0.3, -0.25) is 0 Å². The van der Waals surface area contributed by atoms with Crippen LogP contribution in [0.15, 0.2) is 0 Å². The molecule has 12 radical (unpaired) electrons. The zero-order valence-electron chi connectivity index (χ0n) is 4.71. The van der Waals surface area contributed by atoms with Crippen LogP contribution in [0, 0.1) is 0 Å². The Morgan fingerprint density at radius 3 is 0.154 bits per heavy atom. The molecule has 0 aliphatic heterocycles. The van der Waals surface area contributed by atoms with E-state index in [2.05, 4.69) is 0 Å². The van der Waals surface area contributed by atoms with Crippen LogP contribution in [-0.2, 0) is 234 Å². The van der Waals surface area contributed by atoms with Gasteiger partial charge in [0.15, 0.2) is 0 Å². The van der Waals surface area contributed by atoms with Gasteiger partial charge in [0.05, 0.1) is 0 Å². The van der Waals surface area contributed by atoms with E-state index in [-0.39, 0.29) is 240 Å². The van der Waals surface area contributed by atoms with Gasteiger partial charge < -0.3 is 6.15 Å². The van der Waals surface area contributed by atoms with Crippen LogP contribution < -0.4 is 6.15 Å². The van der Waals surface area contributed by atoms with E-state index in [0.29, 0.717) is 0 Å². The largest absolute Gasteiger partial charge is 0.344 e. The molecule has 1 nitrogen and oxygen atoms in total. The first kappa shape index (κ1) is 140. The minimum Gasteiger partial charge on any atom is -0.344 e. The zero-order chi connectivity index (χ0) is 0. The predicted molar refractivity (Wildman–Crippen MR) is 5.02 cm³/mol. The Kier molecular flexibility index (Phi) is 1280. The van der Waals surface area contributed by atoms with Gasteiger partial charge in [-0.2, -0.15) is 0 Å². The monoisotopic (exact) mass is 1250 g/mol. The maximum atomic E-state index is 0. The molecule has 0 spiro atoms. The summed E-state index contributed by atoms with van der Waals surface area (Å²) in [5.41, 5.74) is 0. The molecule has 0 aromatic rings. The Hall–Kier alpha value is 7.44. The molecular formula is H3NRh12. The Morgan fingerprint density at radius 1 is 0.154 bits per heavy atom. The molecule has 0 atom stereocenters. The molecule has 0 rings (SSSR count). The van der Waals surface area contributed by atoms with Crippen LogP contribution in [0.5, 0.6) is 0 Å². The van der Waals surface area contributed by atoms with E-state index < -0.39 is 0 Å².